The topological polar surface area (TPSA) is 30.5 Å². The molecule has 3 nitrogen and oxygen atoms in total. The summed E-state index contributed by atoms with van der Waals surface area (Å²) in [6, 6.07) is 14.5. The summed E-state index contributed by atoms with van der Waals surface area (Å²) in [5, 5.41) is 3.41. The monoisotopic (exact) mass is 297 g/mol. The van der Waals surface area contributed by atoms with Crippen LogP contribution in [0.15, 0.2) is 55.1 Å². The maximum absolute atomic E-state index is 5.56. The fraction of sp³-hybridized carbons (Fsp3) is 0.263. The molecule has 2 aromatic carbocycles. The Morgan fingerprint density at radius 1 is 1.05 bits per heavy atom. The van der Waals surface area contributed by atoms with Crippen LogP contribution in [-0.2, 0) is 13.0 Å². The number of aryl methyl sites for hydroxylation is 1. The zero-order chi connectivity index (χ0) is 15.8. The number of rotatable bonds is 8. The van der Waals surface area contributed by atoms with Crippen LogP contribution in [0.25, 0.3) is 0 Å². The number of anilines is 1. The minimum atomic E-state index is 0.470. The van der Waals surface area contributed by atoms with Gasteiger partial charge >= 0.3 is 0 Å². The molecule has 2 aromatic rings. The molecule has 0 aliphatic carbocycles. The average Bonchev–Trinajstić information content (AvgIpc) is 2.58. The fourth-order valence-electron chi connectivity index (χ4n) is 2.15. The molecule has 0 bridgehead atoms. The summed E-state index contributed by atoms with van der Waals surface area (Å²) in [7, 11) is 1.65. The molecule has 0 spiro atoms. The van der Waals surface area contributed by atoms with Gasteiger partial charge in [-0.2, -0.15) is 0 Å². The molecule has 0 radical (unpaired) electrons. The first-order valence-corrected chi connectivity index (χ1v) is 7.50. The van der Waals surface area contributed by atoms with Gasteiger partial charge in [-0.1, -0.05) is 37.8 Å². The molecule has 0 saturated carbocycles. The second-order valence-electron chi connectivity index (χ2n) is 4.99. The van der Waals surface area contributed by atoms with Crippen molar-refractivity contribution in [3.8, 4) is 11.5 Å². The lowest BCUT2D eigenvalue weighted by Gasteiger charge is -2.12. The van der Waals surface area contributed by atoms with Gasteiger partial charge in [0.15, 0.2) is 11.5 Å². The first-order valence-electron chi connectivity index (χ1n) is 7.50. The van der Waals surface area contributed by atoms with Crippen LogP contribution >= 0.6 is 0 Å². The molecular formula is C19H23NO2. The van der Waals surface area contributed by atoms with Crippen LogP contribution in [0.5, 0.6) is 11.5 Å². The Balaban J connectivity index is 2.01. The first kappa shape index (κ1) is 16.0. The van der Waals surface area contributed by atoms with E-state index in [1.807, 2.05) is 18.2 Å². The molecule has 0 saturated heterocycles. The van der Waals surface area contributed by atoms with Crippen molar-refractivity contribution < 1.29 is 9.47 Å². The lowest BCUT2D eigenvalue weighted by molar-refractivity contribution is 0.326. The van der Waals surface area contributed by atoms with E-state index in [4.69, 9.17) is 9.47 Å². The van der Waals surface area contributed by atoms with E-state index in [2.05, 4.69) is 43.1 Å². The van der Waals surface area contributed by atoms with Crippen LogP contribution < -0.4 is 14.8 Å². The number of methoxy groups -OCH3 is 1. The number of benzene rings is 2. The van der Waals surface area contributed by atoms with Gasteiger partial charge in [-0.15, -0.1) is 0 Å². The maximum Gasteiger partial charge on any atom is 0.161 e. The number of hydrogen-bond acceptors (Lipinski definition) is 3. The summed E-state index contributed by atoms with van der Waals surface area (Å²) in [5.74, 6) is 1.47. The fourth-order valence-corrected chi connectivity index (χ4v) is 2.15. The molecule has 0 atom stereocenters. The molecule has 0 aromatic heterocycles. The van der Waals surface area contributed by atoms with Crippen molar-refractivity contribution in [2.75, 3.05) is 19.0 Å². The first-order chi connectivity index (χ1) is 10.8. The minimum absolute atomic E-state index is 0.470. The summed E-state index contributed by atoms with van der Waals surface area (Å²) >= 11 is 0. The van der Waals surface area contributed by atoms with Gasteiger partial charge in [-0.3, -0.25) is 0 Å². The number of ether oxygens (including phenoxy) is 2. The second kappa shape index (κ2) is 8.13. The van der Waals surface area contributed by atoms with E-state index in [0.717, 1.165) is 35.7 Å². The molecule has 0 fully saturated rings. The molecule has 116 valence electrons. The molecule has 22 heavy (non-hydrogen) atoms. The third kappa shape index (κ3) is 4.29. The van der Waals surface area contributed by atoms with Gasteiger partial charge in [-0.25, -0.2) is 0 Å². The average molecular weight is 297 g/mol. The summed E-state index contributed by atoms with van der Waals surface area (Å²) in [6.07, 6.45) is 2.78. The van der Waals surface area contributed by atoms with Crippen LogP contribution in [0.3, 0.4) is 0 Å². The predicted molar refractivity (Wildman–Crippen MR) is 91.8 cm³/mol. The Labute approximate surface area is 132 Å². The van der Waals surface area contributed by atoms with Gasteiger partial charge in [0, 0.05) is 12.2 Å². The maximum atomic E-state index is 5.56. The van der Waals surface area contributed by atoms with Gasteiger partial charge in [0.05, 0.1) is 7.11 Å². The van der Waals surface area contributed by atoms with Crippen molar-refractivity contribution in [3.05, 3.63) is 66.2 Å². The van der Waals surface area contributed by atoms with E-state index in [9.17, 15) is 0 Å². The smallest absolute Gasteiger partial charge is 0.161 e. The third-order valence-corrected chi connectivity index (χ3v) is 3.44. The molecule has 0 aliphatic heterocycles. The summed E-state index contributed by atoms with van der Waals surface area (Å²) in [6.45, 7) is 7.02. The van der Waals surface area contributed by atoms with Gasteiger partial charge in [0.1, 0.15) is 6.61 Å². The molecule has 0 aliphatic rings. The summed E-state index contributed by atoms with van der Waals surface area (Å²) in [4.78, 5) is 0. The highest BCUT2D eigenvalue weighted by Gasteiger charge is 2.05. The van der Waals surface area contributed by atoms with Crippen LogP contribution in [0.1, 0.15) is 18.1 Å². The highest BCUT2D eigenvalue weighted by Crippen LogP contribution is 2.28. The van der Waals surface area contributed by atoms with Crippen molar-refractivity contribution in [1.82, 2.24) is 0 Å². The SMILES string of the molecule is C=CCOc1ccc(CNc2ccc(CC)cc2)cc1OC. The molecular weight excluding hydrogens is 274 g/mol. The Morgan fingerprint density at radius 3 is 2.41 bits per heavy atom. The Hall–Kier alpha value is -2.42. The van der Waals surface area contributed by atoms with Gasteiger partial charge < -0.3 is 14.8 Å². The lowest BCUT2D eigenvalue weighted by Crippen LogP contribution is -2.01. The molecule has 2 rings (SSSR count). The standard InChI is InChI=1S/C19H23NO2/c1-4-12-22-18-11-8-16(13-19(18)21-3)14-20-17-9-6-15(5-2)7-10-17/h4,6-11,13,20H,1,5,12,14H2,2-3H3. The number of hydrogen-bond donors (Lipinski definition) is 1. The Morgan fingerprint density at radius 2 is 1.77 bits per heavy atom. The van der Waals surface area contributed by atoms with Crippen molar-refractivity contribution in [2.45, 2.75) is 19.9 Å². The van der Waals surface area contributed by atoms with Crippen molar-refractivity contribution in [2.24, 2.45) is 0 Å². The second-order valence-corrected chi connectivity index (χ2v) is 4.99. The van der Waals surface area contributed by atoms with E-state index in [-0.39, 0.29) is 0 Å². The molecule has 0 unspecified atom stereocenters. The van der Waals surface area contributed by atoms with E-state index in [1.165, 1.54) is 5.56 Å². The van der Waals surface area contributed by atoms with Crippen LogP contribution in [0, 0.1) is 0 Å². The zero-order valence-corrected chi connectivity index (χ0v) is 13.3. The highest BCUT2D eigenvalue weighted by atomic mass is 16.5. The van der Waals surface area contributed by atoms with Gasteiger partial charge in [-0.05, 0) is 41.8 Å². The minimum Gasteiger partial charge on any atom is -0.493 e. The van der Waals surface area contributed by atoms with Crippen molar-refractivity contribution >= 4 is 5.69 Å². The largest absolute Gasteiger partial charge is 0.493 e. The third-order valence-electron chi connectivity index (χ3n) is 3.44. The molecule has 1 N–H and O–H groups in total. The molecule has 0 amide bonds. The zero-order valence-electron chi connectivity index (χ0n) is 13.3. The molecule has 0 heterocycles. The van der Waals surface area contributed by atoms with Crippen LogP contribution in [-0.4, -0.2) is 13.7 Å². The van der Waals surface area contributed by atoms with Crippen LogP contribution in [0.4, 0.5) is 5.69 Å². The Bertz CT molecular complexity index is 605. The van der Waals surface area contributed by atoms with Crippen molar-refractivity contribution in [1.29, 1.82) is 0 Å². The van der Waals surface area contributed by atoms with Crippen molar-refractivity contribution in [3.63, 3.8) is 0 Å². The summed E-state index contributed by atoms with van der Waals surface area (Å²) in [5.41, 5.74) is 3.60. The summed E-state index contributed by atoms with van der Waals surface area (Å²) < 4.78 is 10.9. The van der Waals surface area contributed by atoms with Gasteiger partial charge in [0.2, 0.25) is 0 Å². The Kier molecular flexibility index (Phi) is 5.90. The highest BCUT2D eigenvalue weighted by molar-refractivity contribution is 5.47. The van der Waals surface area contributed by atoms with E-state index >= 15 is 0 Å². The van der Waals surface area contributed by atoms with Crippen LogP contribution in [0.2, 0.25) is 0 Å². The van der Waals surface area contributed by atoms with E-state index in [1.54, 1.807) is 13.2 Å². The van der Waals surface area contributed by atoms with Gasteiger partial charge in [0.25, 0.3) is 0 Å². The lowest BCUT2D eigenvalue weighted by atomic mass is 10.1. The molecule has 3 heteroatoms. The number of nitrogens with one attached hydrogen (secondary N) is 1. The van der Waals surface area contributed by atoms with E-state index in [0.29, 0.717) is 6.61 Å². The van der Waals surface area contributed by atoms with E-state index < -0.39 is 0 Å². The predicted octanol–water partition coefficient (Wildman–Crippen LogP) is 4.43. The normalized spacial score (nSPS) is 10.1. The quantitative estimate of drug-likeness (QED) is 0.731.